The number of para-hydroxylation sites is 1. The second-order valence-electron chi connectivity index (χ2n) is 7.48. The molecule has 1 aliphatic heterocycles. The van der Waals surface area contributed by atoms with Gasteiger partial charge >= 0.3 is 0 Å². The van der Waals surface area contributed by atoms with E-state index < -0.39 is 0 Å². The zero-order chi connectivity index (χ0) is 20.1. The van der Waals surface area contributed by atoms with Gasteiger partial charge < -0.3 is 14.2 Å². The van der Waals surface area contributed by atoms with Gasteiger partial charge in [0.15, 0.2) is 11.5 Å². The van der Waals surface area contributed by atoms with Gasteiger partial charge in [-0.3, -0.25) is 9.88 Å². The number of aromatic nitrogens is 1. The van der Waals surface area contributed by atoms with Crippen molar-refractivity contribution in [2.75, 3.05) is 27.4 Å². The SMILES string of the molecule is COc1ccc(CN(Cc2ccnc3ccccc23)CC2CCCO2)cc1OC. The maximum Gasteiger partial charge on any atom is 0.161 e. The molecule has 0 amide bonds. The molecular formula is C24H28N2O3. The number of hydrogen-bond acceptors (Lipinski definition) is 5. The van der Waals surface area contributed by atoms with Crippen LogP contribution in [0.15, 0.2) is 54.7 Å². The van der Waals surface area contributed by atoms with E-state index in [-0.39, 0.29) is 0 Å². The lowest BCUT2D eigenvalue weighted by Gasteiger charge is -2.26. The zero-order valence-corrected chi connectivity index (χ0v) is 17.1. The maximum absolute atomic E-state index is 5.93. The third-order valence-electron chi connectivity index (χ3n) is 5.47. The van der Waals surface area contributed by atoms with Crippen LogP contribution in [0.3, 0.4) is 0 Å². The first-order valence-electron chi connectivity index (χ1n) is 10.1. The number of hydrogen-bond donors (Lipinski definition) is 0. The number of rotatable bonds is 8. The highest BCUT2D eigenvalue weighted by Crippen LogP contribution is 2.29. The first kappa shape index (κ1) is 19.7. The molecule has 1 aliphatic rings. The van der Waals surface area contributed by atoms with Gasteiger partial charge in [-0.2, -0.15) is 0 Å². The highest BCUT2D eigenvalue weighted by atomic mass is 16.5. The molecule has 1 unspecified atom stereocenters. The normalized spacial score (nSPS) is 16.4. The second kappa shape index (κ2) is 9.25. The molecule has 2 heterocycles. The highest BCUT2D eigenvalue weighted by Gasteiger charge is 2.20. The van der Waals surface area contributed by atoms with Crippen LogP contribution in [-0.4, -0.2) is 43.4 Å². The lowest BCUT2D eigenvalue weighted by Crippen LogP contribution is -2.31. The number of nitrogens with zero attached hydrogens (tertiary/aromatic N) is 2. The van der Waals surface area contributed by atoms with Crippen molar-refractivity contribution in [3.8, 4) is 11.5 Å². The number of benzene rings is 2. The molecule has 0 spiro atoms. The fourth-order valence-corrected chi connectivity index (χ4v) is 4.03. The predicted molar refractivity (Wildman–Crippen MR) is 114 cm³/mol. The summed E-state index contributed by atoms with van der Waals surface area (Å²) >= 11 is 0. The molecule has 0 radical (unpaired) electrons. The van der Waals surface area contributed by atoms with Crippen LogP contribution in [0.25, 0.3) is 10.9 Å². The van der Waals surface area contributed by atoms with E-state index in [0.29, 0.717) is 6.10 Å². The number of methoxy groups -OCH3 is 2. The summed E-state index contributed by atoms with van der Waals surface area (Å²) in [6.07, 6.45) is 4.47. The first-order chi connectivity index (χ1) is 14.3. The van der Waals surface area contributed by atoms with Crippen molar-refractivity contribution in [1.82, 2.24) is 9.88 Å². The topological polar surface area (TPSA) is 43.8 Å². The lowest BCUT2D eigenvalue weighted by atomic mass is 10.1. The van der Waals surface area contributed by atoms with Crippen molar-refractivity contribution >= 4 is 10.9 Å². The van der Waals surface area contributed by atoms with E-state index in [4.69, 9.17) is 14.2 Å². The summed E-state index contributed by atoms with van der Waals surface area (Å²) in [6.45, 7) is 3.44. The molecule has 4 rings (SSSR count). The number of pyridine rings is 1. The van der Waals surface area contributed by atoms with Gasteiger partial charge in [-0.1, -0.05) is 24.3 Å². The van der Waals surface area contributed by atoms with E-state index in [9.17, 15) is 0 Å². The van der Waals surface area contributed by atoms with E-state index in [2.05, 4.69) is 46.3 Å². The minimum absolute atomic E-state index is 0.295. The quantitative estimate of drug-likeness (QED) is 0.567. The Labute approximate surface area is 172 Å². The van der Waals surface area contributed by atoms with E-state index in [1.54, 1.807) is 14.2 Å². The Morgan fingerprint density at radius 1 is 1.03 bits per heavy atom. The zero-order valence-electron chi connectivity index (χ0n) is 17.1. The summed E-state index contributed by atoms with van der Waals surface area (Å²) < 4.78 is 16.8. The third-order valence-corrected chi connectivity index (χ3v) is 5.47. The third kappa shape index (κ3) is 4.69. The van der Waals surface area contributed by atoms with E-state index >= 15 is 0 Å². The summed E-state index contributed by atoms with van der Waals surface area (Å²) in [4.78, 5) is 6.96. The lowest BCUT2D eigenvalue weighted by molar-refractivity contribution is 0.0680. The van der Waals surface area contributed by atoms with Crippen LogP contribution in [0.2, 0.25) is 0 Å². The Morgan fingerprint density at radius 2 is 1.90 bits per heavy atom. The molecule has 5 nitrogen and oxygen atoms in total. The van der Waals surface area contributed by atoms with E-state index in [1.165, 1.54) is 16.5 Å². The van der Waals surface area contributed by atoms with Crippen molar-refractivity contribution in [3.05, 3.63) is 65.9 Å². The van der Waals surface area contributed by atoms with Crippen LogP contribution < -0.4 is 9.47 Å². The summed E-state index contributed by atoms with van der Waals surface area (Å²) in [5, 5.41) is 1.21. The predicted octanol–water partition coefficient (Wildman–Crippen LogP) is 4.43. The largest absolute Gasteiger partial charge is 0.493 e. The van der Waals surface area contributed by atoms with Gasteiger partial charge in [0.2, 0.25) is 0 Å². The fraction of sp³-hybridized carbons (Fsp3) is 0.375. The number of ether oxygens (including phenoxy) is 3. The molecule has 152 valence electrons. The molecule has 1 fully saturated rings. The molecule has 0 bridgehead atoms. The molecule has 29 heavy (non-hydrogen) atoms. The van der Waals surface area contributed by atoms with Crippen LogP contribution in [0, 0.1) is 0 Å². The summed E-state index contributed by atoms with van der Waals surface area (Å²) in [6, 6.07) is 16.6. The molecule has 0 aliphatic carbocycles. The van der Waals surface area contributed by atoms with Gasteiger partial charge in [-0.05, 0) is 48.2 Å². The van der Waals surface area contributed by atoms with Gasteiger partial charge in [0.05, 0.1) is 25.8 Å². The molecular weight excluding hydrogens is 364 g/mol. The van der Waals surface area contributed by atoms with Gasteiger partial charge in [-0.25, -0.2) is 0 Å². The van der Waals surface area contributed by atoms with Gasteiger partial charge in [0, 0.05) is 37.8 Å². The smallest absolute Gasteiger partial charge is 0.161 e. The van der Waals surface area contributed by atoms with Crippen LogP contribution in [0.5, 0.6) is 11.5 Å². The van der Waals surface area contributed by atoms with Crippen molar-refractivity contribution in [2.24, 2.45) is 0 Å². The fourth-order valence-electron chi connectivity index (χ4n) is 4.03. The molecule has 1 atom stereocenters. The Kier molecular flexibility index (Phi) is 6.27. The molecule has 0 saturated carbocycles. The molecule has 0 N–H and O–H groups in total. The summed E-state index contributed by atoms with van der Waals surface area (Å²) in [5.41, 5.74) is 3.52. The standard InChI is InChI=1S/C24H28N2O3/c1-27-23-10-9-18(14-24(23)28-2)15-26(17-20-6-5-13-29-20)16-19-11-12-25-22-8-4-3-7-21(19)22/h3-4,7-12,14,20H,5-6,13,15-17H2,1-2H3. The van der Waals surface area contributed by atoms with E-state index in [0.717, 1.165) is 56.1 Å². The van der Waals surface area contributed by atoms with Gasteiger partial charge in [0.1, 0.15) is 0 Å². The van der Waals surface area contributed by atoms with Crippen molar-refractivity contribution in [1.29, 1.82) is 0 Å². The number of fused-ring (bicyclic) bond motifs is 1. The monoisotopic (exact) mass is 392 g/mol. The minimum Gasteiger partial charge on any atom is -0.493 e. The second-order valence-corrected chi connectivity index (χ2v) is 7.48. The molecule has 3 aromatic rings. The van der Waals surface area contributed by atoms with Crippen LogP contribution >= 0.6 is 0 Å². The van der Waals surface area contributed by atoms with Crippen LogP contribution in [-0.2, 0) is 17.8 Å². The summed E-state index contributed by atoms with van der Waals surface area (Å²) in [5.74, 6) is 1.51. The molecule has 1 saturated heterocycles. The molecule has 2 aromatic carbocycles. The van der Waals surface area contributed by atoms with Gasteiger partial charge in [-0.15, -0.1) is 0 Å². The maximum atomic E-state index is 5.93. The first-order valence-corrected chi connectivity index (χ1v) is 10.1. The van der Waals surface area contributed by atoms with Crippen LogP contribution in [0.1, 0.15) is 24.0 Å². The van der Waals surface area contributed by atoms with Crippen molar-refractivity contribution in [2.45, 2.75) is 32.0 Å². The Bertz CT molecular complexity index is 949. The average Bonchev–Trinajstić information content (AvgIpc) is 3.27. The average molecular weight is 392 g/mol. The molecule has 5 heteroatoms. The molecule has 1 aromatic heterocycles. The minimum atomic E-state index is 0.295. The highest BCUT2D eigenvalue weighted by molar-refractivity contribution is 5.81. The Hall–Kier alpha value is -2.63. The van der Waals surface area contributed by atoms with Gasteiger partial charge in [0.25, 0.3) is 0 Å². The van der Waals surface area contributed by atoms with Crippen molar-refractivity contribution < 1.29 is 14.2 Å². The summed E-state index contributed by atoms with van der Waals surface area (Å²) in [7, 11) is 3.34. The van der Waals surface area contributed by atoms with Crippen molar-refractivity contribution in [3.63, 3.8) is 0 Å². The Balaban J connectivity index is 1.59. The van der Waals surface area contributed by atoms with Crippen LogP contribution in [0.4, 0.5) is 0 Å². The Morgan fingerprint density at radius 3 is 2.69 bits per heavy atom. The van der Waals surface area contributed by atoms with E-state index in [1.807, 2.05) is 18.3 Å².